The third-order valence-electron chi connectivity index (χ3n) is 2.74. The molecule has 0 saturated heterocycles. The molecule has 2 aromatic rings. The second-order valence-electron chi connectivity index (χ2n) is 4.51. The number of benzene rings is 2. The second-order valence-corrected chi connectivity index (χ2v) is 4.51. The topological polar surface area (TPSA) is 40.5 Å². The summed E-state index contributed by atoms with van der Waals surface area (Å²) in [5.74, 6) is 0. The molecule has 2 aromatic carbocycles. The number of rotatable bonds is 3. The maximum atomic E-state index is 9.80. The lowest BCUT2D eigenvalue weighted by atomic mass is 9.96. The van der Waals surface area contributed by atoms with Gasteiger partial charge in [0, 0.05) is 6.42 Å². The van der Waals surface area contributed by atoms with Crippen LogP contribution in [0.5, 0.6) is 0 Å². The first-order valence-electron chi connectivity index (χ1n) is 5.42. The lowest BCUT2D eigenvalue weighted by molar-refractivity contribution is 0.00234. The van der Waals surface area contributed by atoms with Gasteiger partial charge in [-0.2, -0.15) is 0 Å². The average molecular weight is 216 g/mol. The van der Waals surface area contributed by atoms with E-state index in [1.54, 1.807) is 6.92 Å². The third-order valence-corrected chi connectivity index (χ3v) is 2.74. The van der Waals surface area contributed by atoms with Crippen LogP contribution in [0.15, 0.2) is 42.5 Å². The van der Waals surface area contributed by atoms with Crippen molar-refractivity contribution in [3.8, 4) is 0 Å². The number of aliphatic hydroxyl groups excluding tert-OH is 1. The molecule has 0 radical (unpaired) electrons. The zero-order valence-corrected chi connectivity index (χ0v) is 9.35. The Balaban J connectivity index is 2.33. The Morgan fingerprint density at radius 3 is 2.44 bits per heavy atom. The Kier molecular flexibility index (Phi) is 2.95. The molecule has 2 heteroatoms. The molecule has 0 bridgehead atoms. The summed E-state index contributed by atoms with van der Waals surface area (Å²) < 4.78 is 0. The Bertz CT molecular complexity index is 489. The summed E-state index contributed by atoms with van der Waals surface area (Å²) in [5.41, 5.74) is 0.000354. The molecule has 0 aromatic heterocycles. The molecule has 1 unspecified atom stereocenters. The predicted molar refractivity (Wildman–Crippen MR) is 65.4 cm³/mol. The number of aliphatic hydroxyl groups is 2. The minimum absolute atomic E-state index is 0.222. The highest BCUT2D eigenvalue weighted by Crippen LogP contribution is 2.19. The summed E-state index contributed by atoms with van der Waals surface area (Å²) in [4.78, 5) is 0. The van der Waals surface area contributed by atoms with Crippen LogP contribution in [-0.4, -0.2) is 22.4 Å². The van der Waals surface area contributed by atoms with Crippen molar-refractivity contribution in [1.82, 2.24) is 0 Å². The van der Waals surface area contributed by atoms with Crippen LogP contribution in [0.2, 0.25) is 0 Å². The van der Waals surface area contributed by atoms with E-state index in [1.807, 2.05) is 30.3 Å². The zero-order valence-electron chi connectivity index (χ0n) is 9.35. The van der Waals surface area contributed by atoms with Gasteiger partial charge in [0.1, 0.15) is 0 Å². The first-order valence-corrected chi connectivity index (χ1v) is 5.42. The molecular weight excluding hydrogens is 200 g/mol. The second kappa shape index (κ2) is 4.24. The van der Waals surface area contributed by atoms with Gasteiger partial charge in [0.2, 0.25) is 0 Å². The van der Waals surface area contributed by atoms with Crippen molar-refractivity contribution in [2.24, 2.45) is 0 Å². The highest BCUT2D eigenvalue weighted by molar-refractivity contribution is 5.83. The normalized spacial score (nSPS) is 14.9. The van der Waals surface area contributed by atoms with Crippen molar-refractivity contribution in [1.29, 1.82) is 0 Å². The van der Waals surface area contributed by atoms with Gasteiger partial charge in [-0.25, -0.2) is 0 Å². The van der Waals surface area contributed by atoms with Gasteiger partial charge in [0.25, 0.3) is 0 Å². The van der Waals surface area contributed by atoms with E-state index in [-0.39, 0.29) is 6.61 Å². The summed E-state index contributed by atoms with van der Waals surface area (Å²) in [6, 6.07) is 14.2. The van der Waals surface area contributed by atoms with Crippen LogP contribution in [0, 0.1) is 0 Å². The molecule has 0 aliphatic rings. The monoisotopic (exact) mass is 216 g/mol. The van der Waals surface area contributed by atoms with Crippen molar-refractivity contribution in [2.75, 3.05) is 6.61 Å². The first kappa shape index (κ1) is 11.1. The smallest absolute Gasteiger partial charge is 0.0889 e. The average Bonchev–Trinajstić information content (AvgIpc) is 2.28. The van der Waals surface area contributed by atoms with E-state index in [9.17, 15) is 5.11 Å². The summed E-state index contributed by atoms with van der Waals surface area (Å²) in [6.45, 7) is 1.42. The Hall–Kier alpha value is -1.38. The van der Waals surface area contributed by atoms with Crippen molar-refractivity contribution in [3.63, 3.8) is 0 Å². The van der Waals surface area contributed by atoms with Crippen molar-refractivity contribution >= 4 is 10.8 Å². The molecule has 0 aliphatic carbocycles. The van der Waals surface area contributed by atoms with Crippen LogP contribution in [0.25, 0.3) is 10.8 Å². The highest BCUT2D eigenvalue weighted by Gasteiger charge is 2.19. The van der Waals surface area contributed by atoms with E-state index in [0.717, 1.165) is 10.9 Å². The van der Waals surface area contributed by atoms with Crippen molar-refractivity contribution in [3.05, 3.63) is 48.0 Å². The van der Waals surface area contributed by atoms with Crippen LogP contribution >= 0.6 is 0 Å². The van der Waals surface area contributed by atoms with Crippen LogP contribution in [0.4, 0.5) is 0 Å². The third kappa shape index (κ3) is 2.40. The van der Waals surface area contributed by atoms with Crippen molar-refractivity contribution < 1.29 is 10.2 Å². The van der Waals surface area contributed by atoms with Crippen LogP contribution < -0.4 is 0 Å². The molecule has 16 heavy (non-hydrogen) atoms. The minimum atomic E-state index is -1.04. The Morgan fingerprint density at radius 2 is 1.75 bits per heavy atom. The SMILES string of the molecule is CC(O)(CO)Cc1ccc2ccccc2c1. The van der Waals surface area contributed by atoms with E-state index in [4.69, 9.17) is 5.11 Å². The van der Waals surface area contributed by atoms with Crippen LogP contribution in [-0.2, 0) is 6.42 Å². The van der Waals surface area contributed by atoms with Gasteiger partial charge < -0.3 is 10.2 Å². The van der Waals surface area contributed by atoms with E-state index >= 15 is 0 Å². The number of fused-ring (bicyclic) bond motifs is 1. The van der Waals surface area contributed by atoms with E-state index in [2.05, 4.69) is 12.1 Å². The molecule has 0 fully saturated rings. The quantitative estimate of drug-likeness (QED) is 0.825. The molecule has 84 valence electrons. The van der Waals surface area contributed by atoms with Gasteiger partial charge in [-0.1, -0.05) is 42.5 Å². The van der Waals surface area contributed by atoms with E-state index < -0.39 is 5.60 Å². The fraction of sp³-hybridized carbons (Fsp3) is 0.286. The molecule has 0 heterocycles. The van der Waals surface area contributed by atoms with Gasteiger partial charge in [0.15, 0.2) is 0 Å². The van der Waals surface area contributed by atoms with E-state index in [0.29, 0.717) is 6.42 Å². The lowest BCUT2D eigenvalue weighted by Gasteiger charge is -2.20. The minimum Gasteiger partial charge on any atom is -0.393 e. The maximum Gasteiger partial charge on any atom is 0.0889 e. The summed E-state index contributed by atoms with van der Waals surface area (Å²) in [5, 5.41) is 21.2. The van der Waals surface area contributed by atoms with Gasteiger partial charge >= 0.3 is 0 Å². The Labute approximate surface area is 95.2 Å². The molecule has 2 N–H and O–H groups in total. The summed E-state index contributed by atoms with van der Waals surface area (Å²) in [7, 11) is 0. The standard InChI is InChI=1S/C14H16O2/c1-14(16,10-15)9-11-6-7-12-4-2-3-5-13(12)8-11/h2-8,15-16H,9-10H2,1H3. The fourth-order valence-electron chi connectivity index (χ4n) is 1.84. The zero-order chi connectivity index (χ0) is 11.6. The van der Waals surface area contributed by atoms with Gasteiger partial charge in [-0.3, -0.25) is 0 Å². The molecule has 2 rings (SSSR count). The Morgan fingerprint density at radius 1 is 1.06 bits per heavy atom. The molecule has 2 nitrogen and oxygen atoms in total. The summed E-state index contributed by atoms with van der Waals surface area (Å²) >= 11 is 0. The van der Waals surface area contributed by atoms with Crippen LogP contribution in [0.1, 0.15) is 12.5 Å². The molecule has 0 saturated carbocycles. The number of hydrogen-bond acceptors (Lipinski definition) is 2. The van der Waals surface area contributed by atoms with E-state index in [1.165, 1.54) is 5.39 Å². The maximum absolute atomic E-state index is 9.80. The van der Waals surface area contributed by atoms with Gasteiger partial charge in [-0.05, 0) is 23.3 Å². The molecule has 1 atom stereocenters. The fourth-order valence-corrected chi connectivity index (χ4v) is 1.84. The predicted octanol–water partition coefficient (Wildman–Crippen LogP) is 2.13. The van der Waals surface area contributed by atoms with Gasteiger partial charge in [-0.15, -0.1) is 0 Å². The summed E-state index contributed by atoms with van der Waals surface area (Å²) in [6.07, 6.45) is 0.467. The molecule has 0 spiro atoms. The van der Waals surface area contributed by atoms with Crippen molar-refractivity contribution in [2.45, 2.75) is 18.9 Å². The highest BCUT2D eigenvalue weighted by atomic mass is 16.3. The lowest BCUT2D eigenvalue weighted by Crippen LogP contribution is -2.31. The molecule has 0 aliphatic heterocycles. The molecular formula is C14H16O2. The molecule has 0 amide bonds. The van der Waals surface area contributed by atoms with Gasteiger partial charge in [0.05, 0.1) is 12.2 Å². The first-order chi connectivity index (χ1) is 7.61. The van der Waals surface area contributed by atoms with Crippen LogP contribution in [0.3, 0.4) is 0 Å². The largest absolute Gasteiger partial charge is 0.393 e. The number of hydrogen-bond donors (Lipinski definition) is 2.